The molecule has 1 aliphatic heterocycles. The number of aromatic amines is 1. The maximum Gasteiger partial charge on any atom is 0.405 e. The highest BCUT2D eigenvalue weighted by Crippen LogP contribution is 2.30. The highest BCUT2D eigenvalue weighted by Gasteiger charge is 2.33. The van der Waals surface area contributed by atoms with Crippen LogP contribution in [0.25, 0.3) is 0 Å². The van der Waals surface area contributed by atoms with E-state index in [1.54, 1.807) is 12.3 Å². The Balaban J connectivity index is 1.97. The Hall–Kier alpha value is -1.73. The van der Waals surface area contributed by atoms with Crippen LogP contribution >= 0.6 is 0 Å². The van der Waals surface area contributed by atoms with Crippen LogP contribution in [-0.2, 0) is 0 Å². The minimum absolute atomic E-state index is 0.222. The molecule has 8 heteroatoms. The van der Waals surface area contributed by atoms with Crippen molar-refractivity contribution in [3.8, 4) is 0 Å². The van der Waals surface area contributed by atoms with E-state index in [0.29, 0.717) is 6.54 Å². The monoisotopic (exact) mass is 262 g/mol. The first-order chi connectivity index (χ1) is 8.47. The van der Waals surface area contributed by atoms with Crippen molar-refractivity contribution >= 4 is 6.03 Å². The molecule has 100 valence electrons. The molecule has 1 aromatic heterocycles. The first kappa shape index (κ1) is 12.7. The second kappa shape index (κ2) is 4.87. The number of halogens is 3. The highest BCUT2D eigenvalue weighted by molar-refractivity contribution is 5.75. The van der Waals surface area contributed by atoms with Crippen molar-refractivity contribution in [3.05, 3.63) is 18.0 Å². The molecule has 2 rings (SSSR count). The lowest BCUT2D eigenvalue weighted by Crippen LogP contribution is -2.43. The fourth-order valence-corrected chi connectivity index (χ4v) is 2.06. The molecule has 0 saturated carbocycles. The Bertz CT molecular complexity index is 404. The molecule has 0 bridgehead atoms. The van der Waals surface area contributed by atoms with Crippen LogP contribution in [-0.4, -0.2) is 40.4 Å². The summed E-state index contributed by atoms with van der Waals surface area (Å²) in [4.78, 5) is 13.1. The summed E-state index contributed by atoms with van der Waals surface area (Å²) in [5.74, 6) is 0. The van der Waals surface area contributed by atoms with E-state index in [1.165, 1.54) is 4.90 Å². The number of likely N-dealkylation sites (tertiary alicyclic amines) is 1. The van der Waals surface area contributed by atoms with Crippen LogP contribution in [0.1, 0.15) is 24.6 Å². The number of carbonyl (C=O) groups is 1. The number of aromatic nitrogens is 2. The average molecular weight is 262 g/mol. The Labute approximate surface area is 101 Å². The van der Waals surface area contributed by atoms with E-state index in [-0.39, 0.29) is 6.04 Å². The molecule has 18 heavy (non-hydrogen) atoms. The number of hydrogen-bond donors (Lipinski definition) is 2. The molecule has 0 spiro atoms. The zero-order valence-electron chi connectivity index (χ0n) is 9.50. The van der Waals surface area contributed by atoms with Crippen LogP contribution < -0.4 is 5.32 Å². The van der Waals surface area contributed by atoms with Gasteiger partial charge in [-0.1, -0.05) is 0 Å². The van der Waals surface area contributed by atoms with Crippen molar-refractivity contribution in [1.29, 1.82) is 0 Å². The molecule has 0 aromatic carbocycles. The quantitative estimate of drug-likeness (QED) is 0.854. The zero-order chi connectivity index (χ0) is 13.2. The summed E-state index contributed by atoms with van der Waals surface area (Å²) in [6.07, 6.45) is -1.34. The van der Waals surface area contributed by atoms with Crippen LogP contribution in [0.3, 0.4) is 0 Å². The SMILES string of the molecule is O=C(NCC(F)(F)F)N1CCC[C@H]1c1ccn[nH]1. The molecule has 1 fully saturated rings. The topological polar surface area (TPSA) is 61.0 Å². The molecule has 0 radical (unpaired) electrons. The third kappa shape index (κ3) is 2.93. The number of nitrogens with zero attached hydrogens (tertiary/aromatic N) is 2. The molecule has 2 amide bonds. The number of amides is 2. The van der Waals surface area contributed by atoms with Gasteiger partial charge in [0.2, 0.25) is 0 Å². The number of urea groups is 1. The van der Waals surface area contributed by atoms with E-state index < -0.39 is 18.8 Å². The number of alkyl halides is 3. The van der Waals surface area contributed by atoms with Gasteiger partial charge in [0.1, 0.15) is 6.54 Å². The third-order valence-electron chi connectivity index (χ3n) is 2.83. The van der Waals surface area contributed by atoms with Crippen molar-refractivity contribution in [1.82, 2.24) is 20.4 Å². The Morgan fingerprint density at radius 1 is 1.61 bits per heavy atom. The molecular weight excluding hydrogens is 249 g/mol. The van der Waals surface area contributed by atoms with Gasteiger partial charge in [-0.2, -0.15) is 18.3 Å². The third-order valence-corrected chi connectivity index (χ3v) is 2.83. The summed E-state index contributed by atoms with van der Waals surface area (Å²) < 4.78 is 36.1. The van der Waals surface area contributed by atoms with Gasteiger partial charge in [0, 0.05) is 12.7 Å². The molecule has 2 heterocycles. The van der Waals surface area contributed by atoms with Gasteiger partial charge in [-0.3, -0.25) is 5.10 Å². The molecule has 0 aliphatic carbocycles. The standard InChI is InChI=1S/C10H13F3N4O/c11-10(12,13)6-14-9(18)17-5-1-2-8(17)7-3-4-15-16-7/h3-4,8H,1-2,5-6H2,(H,14,18)(H,15,16)/t8-/m0/s1. The second-order valence-corrected chi connectivity index (χ2v) is 4.14. The lowest BCUT2D eigenvalue weighted by atomic mass is 10.1. The fourth-order valence-electron chi connectivity index (χ4n) is 2.06. The number of hydrogen-bond acceptors (Lipinski definition) is 2. The zero-order valence-corrected chi connectivity index (χ0v) is 9.50. The van der Waals surface area contributed by atoms with Gasteiger partial charge in [-0.25, -0.2) is 4.79 Å². The summed E-state index contributed by atoms with van der Waals surface area (Å²) >= 11 is 0. The Morgan fingerprint density at radius 2 is 2.39 bits per heavy atom. The summed E-state index contributed by atoms with van der Waals surface area (Å²) in [6, 6.07) is 0.810. The van der Waals surface area contributed by atoms with Gasteiger partial charge in [0.15, 0.2) is 0 Å². The minimum atomic E-state index is -4.39. The van der Waals surface area contributed by atoms with Gasteiger partial charge in [0.05, 0.1) is 11.7 Å². The second-order valence-electron chi connectivity index (χ2n) is 4.14. The maximum atomic E-state index is 12.0. The van der Waals surface area contributed by atoms with E-state index in [1.807, 2.05) is 5.32 Å². The van der Waals surface area contributed by atoms with Gasteiger partial charge in [-0.15, -0.1) is 0 Å². The summed E-state index contributed by atoms with van der Waals surface area (Å²) in [6.45, 7) is -0.856. The molecule has 5 nitrogen and oxygen atoms in total. The van der Waals surface area contributed by atoms with Crippen molar-refractivity contribution in [2.45, 2.75) is 25.1 Å². The minimum Gasteiger partial charge on any atom is -0.329 e. The number of H-pyrrole nitrogens is 1. The molecular formula is C10H13F3N4O. The molecule has 1 aliphatic rings. The molecule has 2 N–H and O–H groups in total. The van der Waals surface area contributed by atoms with E-state index >= 15 is 0 Å². The lowest BCUT2D eigenvalue weighted by Gasteiger charge is -2.24. The van der Waals surface area contributed by atoms with E-state index in [9.17, 15) is 18.0 Å². The van der Waals surface area contributed by atoms with Crippen molar-refractivity contribution in [2.24, 2.45) is 0 Å². The highest BCUT2D eigenvalue weighted by atomic mass is 19.4. The normalized spacial score (nSPS) is 20.2. The molecule has 0 unspecified atom stereocenters. The predicted octanol–water partition coefficient (Wildman–Crippen LogP) is 1.82. The first-order valence-electron chi connectivity index (χ1n) is 5.58. The average Bonchev–Trinajstić information content (AvgIpc) is 2.94. The molecule has 1 saturated heterocycles. The van der Waals surface area contributed by atoms with Gasteiger partial charge >= 0.3 is 12.2 Å². The maximum absolute atomic E-state index is 12.0. The summed E-state index contributed by atoms with van der Waals surface area (Å²) in [5, 5.41) is 8.41. The van der Waals surface area contributed by atoms with Crippen LogP contribution in [0.4, 0.5) is 18.0 Å². The first-order valence-corrected chi connectivity index (χ1v) is 5.58. The van der Waals surface area contributed by atoms with E-state index in [0.717, 1.165) is 18.5 Å². The smallest absolute Gasteiger partial charge is 0.329 e. The van der Waals surface area contributed by atoms with Crippen LogP contribution in [0.2, 0.25) is 0 Å². The number of carbonyl (C=O) groups excluding carboxylic acids is 1. The van der Waals surface area contributed by atoms with Crippen LogP contribution in [0.15, 0.2) is 12.3 Å². The van der Waals surface area contributed by atoms with E-state index in [2.05, 4.69) is 10.2 Å². The van der Waals surface area contributed by atoms with Crippen LogP contribution in [0.5, 0.6) is 0 Å². The van der Waals surface area contributed by atoms with Gasteiger partial charge in [0.25, 0.3) is 0 Å². The molecule has 1 atom stereocenters. The predicted molar refractivity (Wildman–Crippen MR) is 56.7 cm³/mol. The van der Waals surface area contributed by atoms with E-state index in [4.69, 9.17) is 0 Å². The van der Waals surface area contributed by atoms with Gasteiger partial charge < -0.3 is 10.2 Å². The van der Waals surface area contributed by atoms with Crippen molar-refractivity contribution in [2.75, 3.05) is 13.1 Å². The van der Waals surface area contributed by atoms with Crippen molar-refractivity contribution in [3.63, 3.8) is 0 Å². The Morgan fingerprint density at radius 3 is 3.00 bits per heavy atom. The largest absolute Gasteiger partial charge is 0.405 e. The summed E-state index contributed by atoms with van der Waals surface area (Å²) in [5.41, 5.74) is 0.745. The fraction of sp³-hybridized carbons (Fsp3) is 0.600. The van der Waals surface area contributed by atoms with Crippen LogP contribution in [0, 0.1) is 0 Å². The van der Waals surface area contributed by atoms with Gasteiger partial charge in [-0.05, 0) is 18.9 Å². The Kier molecular flexibility index (Phi) is 3.44. The molecule has 1 aromatic rings. The number of nitrogens with one attached hydrogen (secondary N) is 2. The number of rotatable bonds is 2. The summed E-state index contributed by atoms with van der Waals surface area (Å²) in [7, 11) is 0. The van der Waals surface area contributed by atoms with Crippen molar-refractivity contribution < 1.29 is 18.0 Å². The lowest BCUT2D eigenvalue weighted by molar-refractivity contribution is -0.123.